The molecule has 2 aromatic carbocycles. The standard InChI is InChI=1S/2C6H4Cl2.C4H4O2/c2*7-5-1-2-6(8)4-3-5;1-2-6-4-3-5-1/h2*1-4H;1-4H. The van der Waals surface area contributed by atoms with Crippen LogP contribution >= 0.6 is 46.4 Å². The van der Waals surface area contributed by atoms with Gasteiger partial charge in [-0.15, -0.1) is 0 Å². The van der Waals surface area contributed by atoms with Gasteiger partial charge in [0.25, 0.3) is 0 Å². The summed E-state index contributed by atoms with van der Waals surface area (Å²) in [5, 5.41) is 2.87. The Hall–Kier alpha value is -1.32. The van der Waals surface area contributed by atoms with Gasteiger partial charge in [-0.25, -0.2) is 0 Å². The maximum absolute atomic E-state index is 5.55. The molecule has 1 heterocycles. The van der Waals surface area contributed by atoms with E-state index in [0.29, 0.717) is 0 Å². The molecule has 0 bridgehead atoms. The molecule has 2 aromatic rings. The summed E-state index contributed by atoms with van der Waals surface area (Å²) >= 11 is 22.2. The van der Waals surface area contributed by atoms with E-state index in [4.69, 9.17) is 46.4 Å². The zero-order valence-corrected chi connectivity index (χ0v) is 14.3. The molecule has 1 aliphatic heterocycles. The monoisotopic (exact) mass is 376 g/mol. The van der Waals surface area contributed by atoms with Crippen molar-refractivity contribution in [3.8, 4) is 0 Å². The van der Waals surface area contributed by atoms with Crippen molar-refractivity contribution in [2.24, 2.45) is 0 Å². The zero-order valence-electron chi connectivity index (χ0n) is 11.3. The lowest BCUT2D eigenvalue weighted by Crippen LogP contribution is -1.74. The summed E-state index contributed by atoms with van der Waals surface area (Å²) in [6.45, 7) is 0. The van der Waals surface area contributed by atoms with E-state index in [-0.39, 0.29) is 0 Å². The molecule has 0 atom stereocenters. The Labute approximate surface area is 149 Å². The van der Waals surface area contributed by atoms with Crippen LogP contribution in [0.25, 0.3) is 0 Å². The molecule has 116 valence electrons. The van der Waals surface area contributed by atoms with E-state index >= 15 is 0 Å². The van der Waals surface area contributed by atoms with Crippen LogP contribution in [0.1, 0.15) is 0 Å². The molecule has 0 aliphatic carbocycles. The third-order valence-electron chi connectivity index (χ3n) is 2.03. The van der Waals surface area contributed by atoms with Crippen LogP contribution in [0.3, 0.4) is 0 Å². The highest BCUT2D eigenvalue weighted by Crippen LogP contribution is 2.13. The van der Waals surface area contributed by atoms with Gasteiger partial charge < -0.3 is 9.47 Å². The van der Waals surface area contributed by atoms with Gasteiger partial charge in [0.05, 0.1) is 0 Å². The van der Waals surface area contributed by atoms with Crippen molar-refractivity contribution in [1.82, 2.24) is 0 Å². The Morgan fingerprint density at radius 3 is 0.727 bits per heavy atom. The summed E-state index contributed by atoms with van der Waals surface area (Å²) in [7, 11) is 0. The Morgan fingerprint density at radius 1 is 0.409 bits per heavy atom. The fraction of sp³-hybridized carbons (Fsp3) is 0. The topological polar surface area (TPSA) is 18.5 Å². The van der Waals surface area contributed by atoms with Gasteiger partial charge in [-0.3, -0.25) is 0 Å². The molecule has 0 aromatic heterocycles. The lowest BCUT2D eigenvalue weighted by Gasteiger charge is -1.94. The first-order valence-electron chi connectivity index (χ1n) is 6.01. The molecular formula is C16H12Cl4O2. The smallest absolute Gasteiger partial charge is 0.125 e. The van der Waals surface area contributed by atoms with Crippen molar-refractivity contribution < 1.29 is 9.47 Å². The Morgan fingerprint density at radius 2 is 0.591 bits per heavy atom. The van der Waals surface area contributed by atoms with E-state index in [1.165, 1.54) is 25.0 Å². The van der Waals surface area contributed by atoms with Crippen molar-refractivity contribution in [2.45, 2.75) is 0 Å². The first-order valence-corrected chi connectivity index (χ1v) is 7.52. The van der Waals surface area contributed by atoms with Gasteiger partial charge in [0.2, 0.25) is 0 Å². The molecule has 0 amide bonds. The Bertz CT molecular complexity index is 487. The SMILES string of the molecule is C1=COC=CO1.Clc1ccc(Cl)cc1.Clc1ccc(Cl)cc1. The van der Waals surface area contributed by atoms with Crippen molar-refractivity contribution in [3.63, 3.8) is 0 Å². The quantitative estimate of drug-likeness (QED) is 0.493. The van der Waals surface area contributed by atoms with Crippen LogP contribution in [0.5, 0.6) is 0 Å². The van der Waals surface area contributed by atoms with Gasteiger partial charge in [-0.2, -0.15) is 0 Å². The van der Waals surface area contributed by atoms with Crippen molar-refractivity contribution in [3.05, 3.63) is 93.7 Å². The summed E-state index contributed by atoms with van der Waals surface area (Å²) in [6, 6.07) is 14.0. The van der Waals surface area contributed by atoms with E-state index in [2.05, 4.69) is 9.47 Å². The molecular weight excluding hydrogens is 366 g/mol. The van der Waals surface area contributed by atoms with Crippen LogP contribution in [0.4, 0.5) is 0 Å². The highest BCUT2D eigenvalue weighted by Gasteiger charge is 1.84. The molecule has 1 aliphatic rings. The fourth-order valence-electron chi connectivity index (χ4n) is 1.08. The molecule has 0 radical (unpaired) electrons. The number of ether oxygens (including phenoxy) is 2. The largest absolute Gasteiger partial charge is 0.466 e. The molecule has 0 fully saturated rings. The van der Waals surface area contributed by atoms with Crippen LogP contribution in [-0.2, 0) is 9.47 Å². The van der Waals surface area contributed by atoms with E-state index in [1.54, 1.807) is 48.5 Å². The molecule has 0 saturated carbocycles. The number of hydrogen-bond donors (Lipinski definition) is 0. The average Bonchev–Trinajstić information content (AvgIpc) is 2.56. The third-order valence-corrected chi connectivity index (χ3v) is 3.04. The minimum Gasteiger partial charge on any atom is -0.466 e. The summed E-state index contributed by atoms with van der Waals surface area (Å²) in [5.74, 6) is 0. The van der Waals surface area contributed by atoms with Crippen LogP contribution in [-0.4, -0.2) is 0 Å². The zero-order chi connectivity index (χ0) is 16.2. The third kappa shape index (κ3) is 9.59. The maximum Gasteiger partial charge on any atom is 0.125 e. The van der Waals surface area contributed by atoms with Crippen LogP contribution in [0, 0.1) is 0 Å². The molecule has 6 heteroatoms. The minimum atomic E-state index is 0.717. The van der Waals surface area contributed by atoms with Gasteiger partial charge in [0.15, 0.2) is 0 Å². The molecule has 0 unspecified atom stereocenters. The maximum atomic E-state index is 5.55. The summed E-state index contributed by atoms with van der Waals surface area (Å²) in [5.41, 5.74) is 0. The minimum absolute atomic E-state index is 0.717. The predicted molar refractivity (Wildman–Crippen MR) is 93.4 cm³/mol. The van der Waals surface area contributed by atoms with Gasteiger partial charge in [0, 0.05) is 20.1 Å². The van der Waals surface area contributed by atoms with E-state index in [0.717, 1.165) is 20.1 Å². The average molecular weight is 378 g/mol. The molecule has 2 nitrogen and oxygen atoms in total. The number of benzene rings is 2. The van der Waals surface area contributed by atoms with Gasteiger partial charge in [-0.1, -0.05) is 46.4 Å². The van der Waals surface area contributed by atoms with Crippen molar-refractivity contribution >= 4 is 46.4 Å². The second-order valence-electron chi connectivity index (χ2n) is 3.69. The summed E-state index contributed by atoms with van der Waals surface area (Å²) in [4.78, 5) is 0. The first kappa shape index (κ1) is 18.7. The fourth-order valence-corrected chi connectivity index (χ4v) is 1.58. The number of halogens is 4. The lowest BCUT2D eigenvalue weighted by molar-refractivity contribution is 0.290. The highest BCUT2D eigenvalue weighted by atomic mass is 35.5. The Balaban J connectivity index is 0.000000167. The highest BCUT2D eigenvalue weighted by molar-refractivity contribution is 6.33. The summed E-state index contributed by atoms with van der Waals surface area (Å²) in [6.07, 6.45) is 5.83. The van der Waals surface area contributed by atoms with E-state index in [9.17, 15) is 0 Å². The van der Waals surface area contributed by atoms with Gasteiger partial charge in [-0.05, 0) is 48.5 Å². The molecule has 22 heavy (non-hydrogen) atoms. The van der Waals surface area contributed by atoms with Crippen LogP contribution in [0.2, 0.25) is 20.1 Å². The molecule has 0 saturated heterocycles. The normalized spacial score (nSPS) is 11.1. The van der Waals surface area contributed by atoms with Crippen molar-refractivity contribution in [1.29, 1.82) is 0 Å². The van der Waals surface area contributed by atoms with E-state index in [1.807, 2.05) is 0 Å². The first-order chi connectivity index (χ1) is 10.6. The van der Waals surface area contributed by atoms with Crippen LogP contribution in [0.15, 0.2) is 73.6 Å². The molecule has 0 N–H and O–H groups in total. The Kier molecular flexibility index (Phi) is 9.60. The predicted octanol–water partition coefficient (Wildman–Crippen LogP) is 6.96. The molecule has 3 rings (SSSR count). The second-order valence-corrected chi connectivity index (χ2v) is 5.44. The molecule has 0 spiro atoms. The number of hydrogen-bond acceptors (Lipinski definition) is 2. The van der Waals surface area contributed by atoms with E-state index < -0.39 is 0 Å². The van der Waals surface area contributed by atoms with Gasteiger partial charge >= 0.3 is 0 Å². The van der Waals surface area contributed by atoms with Crippen LogP contribution < -0.4 is 0 Å². The van der Waals surface area contributed by atoms with Crippen molar-refractivity contribution in [2.75, 3.05) is 0 Å². The lowest BCUT2D eigenvalue weighted by atomic mass is 10.4. The number of rotatable bonds is 0. The second kappa shape index (κ2) is 11.3. The van der Waals surface area contributed by atoms with Gasteiger partial charge in [0.1, 0.15) is 25.0 Å². The summed E-state index contributed by atoms with van der Waals surface area (Å²) < 4.78 is 9.17.